The van der Waals surface area contributed by atoms with Crippen LogP contribution < -0.4 is 5.32 Å². The van der Waals surface area contributed by atoms with Gasteiger partial charge in [0.15, 0.2) is 11.5 Å². The second kappa shape index (κ2) is 8.91. The molecule has 0 atom stereocenters. The Morgan fingerprint density at radius 2 is 1.29 bits per heavy atom. The van der Waals surface area contributed by atoms with Gasteiger partial charge in [0.25, 0.3) is 0 Å². The van der Waals surface area contributed by atoms with Crippen LogP contribution in [0.4, 0.5) is 5.82 Å². The highest BCUT2D eigenvalue weighted by Crippen LogP contribution is 2.42. The van der Waals surface area contributed by atoms with E-state index < -0.39 is 5.54 Å². The highest BCUT2D eigenvalue weighted by molar-refractivity contribution is 5.83. The normalized spacial score (nSPS) is 11.5. The number of hydrogen-bond acceptors (Lipinski definition) is 5. The third kappa shape index (κ3) is 3.56. The van der Waals surface area contributed by atoms with Crippen LogP contribution in [-0.2, 0) is 12.1 Å². The number of nitrogens with one attached hydrogen (secondary N) is 1. The van der Waals surface area contributed by atoms with Crippen molar-refractivity contribution in [2.45, 2.75) is 12.1 Å². The molecule has 0 spiro atoms. The summed E-state index contributed by atoms with van der Waals surface area (Å²) in [5.74, 6) is 1.48. The fourth-order valence-electron chi connectivity index (χ4n) is 4.75. The monoisotopic (exact) mass is 457 g/mol. The SMILES string of the molecule is c1ccc(C(c2ccccc2)(c2ccccc2)n2cnc3c(NCc4ccco4)ncnc32)cc1. The van der Waals surface area contributed by atoms with E-state index in [1.807, 2.05) is 36.7 Å². The molecule has 35 heavy (non-hydrogen) atoms. The number of hydrogen-bond donors (Lipinski definition) is 1. The predicted molar refractivity (Wildman–Crippen MR) is 136 cm³/mol. The van der Waals surface area contributed by atoms with E-state index in [0.29, 0.717) is 17.9 Å². The number of benzene rings is 3. The topological polar surface area (TPSA) is 68.8 Å². The van der Waals surface area contributed by atoms with Crippen LogP contribution in [0.5, 0.6) is 0 Å². The number of anilines is 1. The third-order valence-electron chi connectivity index (χ3n) is 6.28. The van der Waals surface area contributed by atoms with Crippen molar-refractivity contribution < 1.29 is 4.42 Å². The zero-order chi connectivity index (χ0) is 23.5. The van der Waals surface area contributed by atoms with Gasteiger partial charge < -0.3 is 9.73 Å². The summed E-state index contributed by atoms with van der Waals surface area (Å²) in [6.45, 7) is 0.507. The molecule has 6 heteroatoms. The van der Waals surface area contributed by atoms with Gasteiger partial charge in [0, 0.05) is 0 Å². The van der Waals surface area contributed by atoms with Gasteiger partial charge in [0.1, 0.15) is 23.1 Å². The summed E-state index contributed by atoms with van der Waals surface area (Å²) < 4.78 is 7.62. The van der Waals surface area contributed by atoms with E-state index >= 15 is 0 Å². The van der Waals surface area contributed by atoms with E-state index in [-0.39, 0.29) is 0 Å². The largest absolute Gasteiger partial charge is 0.467 e. The Bertz CT molecular complexity index is 1430. The summed E-state index contributed by atoms with van der Waals surface area (Å²) in [4.78, 5) is 14.0. The zero-order valence-corrected chi connectivity index (χ0v) is 19.0. The molecule has 0 unspecified atom stereocenters. The van der Waals surface area contributed by atoms with Gasteiger partial charge in [-0.1, -0.05) is 91.0 Å². The Morgan fingerprint density at radius 3 is 1.83 bits per heavy atom. The van der Waals surface area contributed by atoms with Crippen molar-refractivity contribution in [3.05, 3.63) is 144 Å². The van der Waals surface area contributed by atoms with E-state index in [1.165, 1.54) is 0 Å². The molecule has 0 aliphatic carbocycles. The summed E-state index contributed by atoms with van der Waals surface area (Å²) >= 11 is 0. The fraction of sp³-hybridized carbons (Fsp3) is 0.0690. The van der Waals surface area contributed by atoms with Gasteiger partial charge >= 0.3 is 0 Å². The molecule has 1 N–H and O–H groups in total. The number of nitrogens with zero attached hydrogens (tertiary/aromatic N) is 4. The minimum atomic E-state index is -0.689. The van der Waals surface area contributed by atoms with Crippen LogP contribution in [0.3, 0.4) is 0 Å². The maximum Gasteiger partial charge on any atom is 0.166 e. The first-order chi connectivity index (χ1) is 17.4. The molecule has 3 aromatic carbocycles. The van der Waals surface area contributed by atoms with Crippen LogP contribution in [-0.4, -0.2) is 19.5 Å². The van der Waals surface area contributed by atoms with Crippen molar-refractivity contribution in [2.75, 3.05) is 5.32 Å². The minimum Gasteiger partial charge on any atom is -0.467 e. The van der Waals surface area contributed by atoms with Gasteiger partial charge in [-0.2, -0.15) is 0 Å². The molecule has 6 aromatic rings. The van der Waals surface area contributed by atoms with Crippen molar-refractivity contribution in [3.8, 4) is 0 Å². The second-order valence-electron chi connectivity index (χ2n) is 8.25. The number of furan rings is 1. The van der Waals surface area contributed by atoms with E-state index in [1.54, 1.807) is 12.6 Å². The lowest BCUT2D eigenvalue weighted by Gasteiger charge is -2.37. The standard InChI is InChI=1S/C29H23N5O/c1-4-11-22(12-5-1)29(23-13-6-2-7-14-23,24-15-8-3-9-16-24)34-21-33-26-27(31-20-32-28(26)34)30-19-25-17-10-18-35-25/h1-18,20-21H,19H2,(H,30,31,32). The van der Waals surface area contributed by atoms with Crippen molar-refractivity contribution in [2.24, 2.45) is 0 Å². The first-order valence-corrected chi connectivity index (χ1v) is 11.5. The Balaban J connectivity index is 1.61. The molecule has 6 nitrogen and oxygen atoms in total. The van der Waals surface area contributed by atoms with Crippen molar-refractivity contribution in [3.63, 3.8) is 0 Å². The summed E-state index contributed by atoms with van der Waals surface area (Å²) in [5, 5.41) is 3.35. The van der Waals surface area contributed by atoms with Gasteiger partial charge in [0.2, 0.25) is 0 Å². The first-order valence-electron chi connectivity index (χ1n) is 11.5. The lowest BCUT2D eigenvalue weighted by molar-refractivity contribution is 0.518. The highest BCUT2D eigenvalue weighted by Gasteiger charge is 2.40. The smallest absolute Gasteiger partial charge is 0.166 e. The maximum atomic E-state index is 5.47. The summed E-state index contributed by atoms with van der Waals surface area (Å²) in [6.07, 6.45) is 5.11. The van der Waals surface area contributed by atoms with Gasteiger partial charge in [-0.15, -0.1) is 0 Å². The van der Waals surface area contributed by atoms with Gasteiger partial charge in [-0.25, -0.2) is 15.0 Å². The average Bonchev–Trinajstić information content (AvgIpc) is 3.61. The molecule has 3 heterocycles. The van der Waals surface area contributed by atoms with Crippen molar-refractivity contribution in [1.82, 2.24) is 19.5 Å². The van der Waals surface area contributed by atoms with Crippen molar-refractivity contribution >= 4 is 17.0 Å². The van der Waals surface area contributed by atoms with Gasteiger partial charge in [-0.05, 0) is 28.8 Å². The molecular formula is C29H23N5O. The van der Waals surface area contributed by atoms with Crippen LogP contribution >= 0.6 is 0 Å². The molecule has 0 aliphatic heterocycles. The van der Waals surface area contributed by atoms with E-state index in [0.717, 1.165) is 28.1 Å². The number of aromatic nitrogens is 4. The molecule has 0 saturated carbocycles. The molecule has 6 rings (SSSR count). The molecule has 0 bridgehead atoms. The van der Waals surface area contributed by atoms with E-state index in [9.17, 15) is 0 Å². The Morgan fingerprint density at radius 1 is 0.686 bits per heavy atom. The molecule has 170 valence electrons. The van der Waals surface area contributed by atoms with Crippen molar-refractivity contribution in [1.29, 1.82) is 0 Å². The molecule has 0 radical (unpaired) electrons. The molecule has 0 aliphatic rings. The quantitative estimate of drug-likeness (QED) is 0.304. The maximum absolute atomic E-state index is 5.47. The zero-order valence-electron chi connectivity index (χ0n) is 19.0. The summed E-state index contributed by atoms with van der Waals surface area (Å²) in [7, 11) is 0. The van der Waals surface area contributed by atoms with Gasteiger partial charge in [-0.3, -0.25) is 4.57 Å². The Kier molecular flexibility index (Phi) is 5.31. The summed E-state index contributed by atoms with van der Waals surface area (Å²) in [5.41, 5.74) is 4.08. The molecule has 3 aromatic heterocycles. The fourth-order valence-corrected chi connectivity index (χ4v) is 4.75. The van der Waals surface area contributed by atoms with Gasteiger partial charge in [0.05, 0.1) is 19.1 Å². The van der Waals surface area contributed by atoms with E-state index in [2.05, 4.69) is 87.7 Å². The van der Waals surface area contributed by atoms with Crippen LogP contribution in [0.2, 0.25) is 0 Å². The molecule has 0 saturated heterocycles. The summed E-state index contributed by atoms with van der Waals surface area (Å²) in [6, 6.07) is 35.3. The molecule has 0 fully saturated rings. The lowest BCUT2D eigenvalue weighted by atomic mass is 9.76. The number of fused-ring (bicyclic) bond motifs is 1. The average molecular weight is 458 g/mol. The highest BCUT2D eigenvalue weighted by atomic mass is 16.3. The molecular weight excluding hydrogens is 434 g/mol. The minimum absolute atomic E-state index is 0.507. The lowest BCUT2D eigenvalue weighted by Crippen LogP contribution is -2.37. The third-order valence-corrected chi connectivity index (χ3v) is 6.28. The Hall–Kier alpha value is -4.71. The van der Waals surface area contributed by atoms with Crippen LogP contribution in [0.1, 0.15) is 22.5 Å². The second-order valence-corrected chi connectivity index (χ2v) is 8.25. The number of rotatable bonds is 7. The van der Waals surface area contributed by atoms with Crippen LogP contribution in [0, 0.1) is 0 Å². The van der Waals surface area contributed by atoms with Crippen LogP contribution in [0.15, 0.2) is 126 Å². The first kappa shape index (κ1) is 20.9. The van der Waals surface area contributed by atoms with Crippen LogP contribution in [0.25, 0.3) is 11.2 Å². The number of imidazole rings is 1. The van der Waals surface area contributed by atoms with E-state index in [4.69, 9.17) is 14.4 Å². The molecule has 0 amide bonds. The predicted octanol–water partition coefficient (Wildman–Crippen LogP) is 5.87. The Labute approximate surface area is 202 Å².